The lowest BCUT2D eigenvalue weighted by atomic mass is 10.0. The third kappa shape index (κ3) is 4.02. The fourth-order valence-corrected chi connectivity index (χ4v) is 4.00. The van der Waals surface area contributed by atoms with E-state index in [9.17, 15) is 8.42 Å². The van der Waals surface area contributed by atoms with Gasteiger partial charge in [0.1, 0.15) is 0 Å². The van der Waals surface area contributed by atoms with Crippen molar-refractivity contribution >= 4 is 21.6 Å². The van der Waals surface area contributed by atoms with E-state index in [0.29, 0.717) is 23.1 Å². The van der Waals surface area contributed by atoms with Crippen LogP contribution in [-0.2, 0) is 22.8 Å². The summed E-state index contributed by atoms with van der Waals surface area (Å²) < 4.78 is 23.4. The molecule has 0 saturated carbocycles. The van der Waals surface area contributed by atoms with Crippen LogP contribution in [0.5, 0.6) is 0 Å². The highest BCUT2D eigenvalue weighted by molar-refractivity contribution is 7.90. The molecule has 0 saturated heterocycles. The summed E-state index contributed by atoms with van der Waals surface area (Å²) in [7, 11) is -3.20. The largest absolute Gasteiger partial charge is 0.367 e. The van der Waals surface area contributed by atoms with Gasteiger partial charge in [0.05, 0.1) is 16.3 Å². The molecule has 7 nitrogen and oxygen atoms in total. The summed E-state index contributed by atoms with van der Waals surface area (Å²) in [5.74, 6) is 1.04. The van der Waals surface area contributed by atoms with Crippen LogP contribution in [0.15, 0.2) is 53.7 Å². The van der Waals surface area contributed by atoms with Crippen molar-refractivity contribution in [2.75, 3.05) is 17.7 Å². The fraction of sp³-hybridized carbons (Fsp3) is 0.238. The first-order valence-corrected chi connectivity index (χ1v) is 11.2. The maximum absolute atomic E-state index is 11.7. The van der Waals surface area contributed by atoms with Gasteiger partial charge in [0.2, 0.25) is 0 Å². The smallest absolute Gasteiger partial charge is 0.198 e. The highest BCUT2D eigenvalue weighted by Gasteiger charge is 2.23. The minimum absolute atomic E-state index is 0.323. The Labute approximate surface area is 170 Å². The highest BCUT2D eigenvalue weighted by atomic mass is 32.2. The molecular weight excluding hydrogens is 386 g/mol. The Kier molecular flexibility index (Phi) is 5.10. The van der Waals surface area contributed by atoms with Crippen molar-refractivity contribution in [1.82, 2.24) is 19.9 Å². The first-order valence-electron chi connectivity index (χ1n) is 9.30. The van der Waals surface area contributed by atoms with Crippen molar-refractivity contribution in [3.63, 3.8) is 0 Å². The summed E-state index contributed by atoms with van der Waals surface area (Å²) >= 11 is 0. The van der Waals surface area contributed by atoms with Crippen molar-refractivity contribution in [3.8, 4) is 11.6 Å². The van der Waals surface area contributed by atoms with Crippen molar-refractivity contribution in [2.24, 2.45) is 0 Å². The lowest BCUT2D eigenvalue weighted by Crippen LogP contribution is -2.32. The Morgan fingerprint density at radius 1 is 1.03 bits per heavy atom. The normalized spacial score (nSPS) is 14.2. The standard InChI is InChI=1S/C21H21N5O2S/c1-3-5-18-17-14-26(15-6-8-16(9-7-15)29(2,27)28)13-10-19(17)25-21(24-18)20-22-11-4-12-23-20/h3-9,11-12H,10,13-14H2,1-2H3/b5-3+. The highest BCUT2D eigenvalue weighted by Crippen LogP contribution is 2.28. The predicted molar refractivity (Wildman–Crippen MR) is 112 cm³/mol. The van der Waals surface area contributed by atoms with Crippen LogP contribution in [0.4, 0.5) is 5.69 Å². The van der Waals surface area contributed by atoms with Gasteiger partial charge >= 0.3 is 0 Å². The van der Waals surface area contributed by atoms with Crippen LogP contribution in [0.1, 0.15) is 23.9 Å². The summed E-state index contributed by atoms with van der Waals surface area (Å²) in [6, 6.07) is 8.77. The van der Waals surface area contributed by atoms with Gasteiger partial charge in [-0.25, -0.2) is 28.4 Å². The quantitative estimate of drug-likeness (QED) is 0.657. The number of nitrogens with zero attached hydrogens (tertiary/aromatic N) is 5. The van der Waals surface area contributed by atoms with Crippen LogP contribution in [0.25, 0.3) is 17.7 Å². The first-order chi connectivity index (χ1) is 14.0. The molecule has 1 aliphatic rings. The molecule has 1 aliphatic heterocycles. The molecule has 3 heterocycles. The van der Waals surface area contributed by atoms with Crippen LogP contribution < -0.4 is 4.90 Å². The molecule has 0 spiro atoms. The number of hydrogen-bond acceptors (Lipinski definition) is 7. The van der Waals surface area contributed by atoms with E-state index < -0.39 is 9.84 Å². The Hall–Kier alpha value is -3.13. The number of rotatable bonds is 4. The van der Waals surface area contributed by atoms with Gasteiger partial charge in [-0.2, -0.15) is 0 Å². The molecule has 0 aliphatic carbocycles. The summed E-state index contributed by atoms with van der Waals surface area (Å²) in [4.78, 5) is 20.5. The van der Waals surface area contributed by atoms with E-state index >= 15 is 0 Å². The van der Waals surface area contributed by atoms with Crippen LogP contribution in [-0.4, -0.2) is 41.2 Å². The minimum Gasteiger partial charge on any atom is -0.367 e. The number of allylic oxidation sites excluding steroid dienone is 1. The molecule has 3 aromatic rings. The average Bonchev–Trinajstić information content (AvgIpc) is 2.74. The summed E-state index contributed by atoms with van der Waals surface area (Å²) in [5.41, 5.74) is 3.91. The molecule has 0 amide bonds. The van der Waals surface area contributed by atoms with E-state index in [1.165, 1.54) is 6.26 Å². The lowest BCUT2D eigenvalue weighted by Gasteiger charge is -2.31. The summed E-state index contributed by atoms with van der Waals surface area (Å²) in [6.45, 7) is 3.40. The third-order valence-corrected chi connectivity index (χ3v) is 5.94. The maximum Gasteiger partial charge on any atom is 0.198 e. The Morgan fingerprint density at radius 3 is 2.41 bits per heavy atom. The molecule has 0 unspecified atom stereocenters. The molecule has 4 rings (SSSR count). The van der Waals surface area contributed by atoms with E-state index in [4.69, 9.17) is 9.97 Å². The van der Waals surface area contributed by atoms with Gasteiger partial charge in [0.15, 0.2) is 21.5 Å². The van der Waals surface area contributed by atoms with Gasteiger partial charge in [-0.3, -0.25) is 0 Å². The lowest BCUT2D eigenvalue weighted by molar-refractivity contribution is 0.602. The third-order valence-electron chi connectivity index (χ3n) is 4.81. The molecule has 1 aromatic carbocycles. The zero-order chi connectivity index (χ0) is 20.4. The topological polar surface area (TPSA) is 88.9 Å². The Morgan fingerprint density at radius 2 is 1.76 bits per heavy atom. The number of anilines is 1. The van der Waals surface area contributed by atoms with Gasteiger partial charge in [-0.1, -0.05) is 6.08 Å². The van der Waals surface area contributed by atoms with Gasteiger partial charge in [-0.05, 0) is 43.3 Å². The van der Waals surface area contributed by atoms with Gasteiger partial charge in [0.25, 0.3) is 0 Å². The van der Waals surface area contributed by atoms with Gasteiger partial charge in [-0.15, -0.1) is 0 Å². The molecule has 29 heavy (non-hydrogen) atoms. The number of hydrogen-bond donors (Lipinski definition) is 0. The number of fused-ring (bicyclic) bond motifs is 1. The van der Waals surface area contributed by atoms with E-state index in [1.807, 2.05) is 31.2 Å². The van der Waals surface area contributed by atoms with Crippen LogP contribution in [0.3, 0.4) is 0 Å². The number of aromatic nitrogens is 4. The Bertz CT molecular complexity index is 1160. The van der Waals surface area contributed by atoms with E-state index in [2.05, 4.69) is 14.9 Å². The second-order valence-electron chi connectivity index (χ2n) is 6.87. The average molecular weight is 407 g/mol. The first kappa shape index (κ1) is 19.2. The molecule has 8 heteroatoms. The summed E-state index contributed by atoms with van der Waals surface area (Å²) in [5, 5.41) is 0. The Balaban J connectivity index is 1.68. The van der Waals surface area contributed by atoms with E-state index in [1.54, 1.807) is 30.6 Å². The van der Waals surface area contributed by atoms with Crippen molar-refractivity contribution in [1.29, 1.82) is 0 Å². The zero-order valence-corrected chi connectivity index (χ0v) is 17.1. The molecule has 0 N–H and O–H groups in total. The number of sulfone groups is 1. The predicted octanol–water partition coefficient (Wildman–Crippen LogP) is 2.93. The van der Waals surface area contributed by atoms with Crippen LogP contribution in [0, 0.1) is 0 Å². The molecule has 2 aromatic heterocycles. The van der Waals surface area contributed by atoms with Crippen molar-refractivity contribution < 1.29 is 8.42 Å². The zero-order valence-electron chi connectivity index (χ0n) is 16.3. The molecule has 0 atom stereocenters. The van der Waals surface area contributed by atoms with E-state index in [0.717, 1.165) is 35.6 Å². The monoisotopic (exact) mass is 407 g/mol. The molecule has 0 fully saturated rings. The minimum atomic E-state index is -3.20. The van der Waals surface area contributed by atoms with Crippen molar-refractivity contribution in [3.05, 3.63) is 65.8 Å². The van der Waals surface area contributed by atoms with Crippen LogP contribution >= 0.6 is 0 Å². The second-order valence-corrected chi connectivity index (χ2v) is 8.88. The summed E-state index contributed by atoms with van der Waals surface area (Å²) in [6.07, 6.45) is 9.27. The maximum atomic E-state index is 11.7. The van der Waals surface area contributed by atoms with E-state index in [-0.39, 0.29) is 0 Å². The molecule has 148 valence electrons. The second kappa shape index (κ2) is 7.71. The van der Waals surface area contributed by atoms with Crippen molar-refractivity contribution in [2.45, 2.75) is 24.8 Å². The molecular formula is C21H21N5O2S. The SMILES string of the molecule is C/C=C/c1nc(-c2ncccn2)nc2c1CN(c1ccc(S(C)(=O)=O)cc1)CC2. The fourth-order valence-electron chi connectivity index (χ4n) is 3.37. The van der Waals surface area contributed by atoms with Gasteiger partial charge < -0.3 is 4.90 Å². The molecule has 0 bridgehead atoms. The van der Waals surface area contributed by atoms with Crippen LogP contribution in [0.2, 0.25) is 0 Å². The number of benzene rings is 1. The van der Waals surface area contributed by atoms with Gasteiger partial charge in [0, 0.05) is 49.4 Å². The molecule has 0 radical (unpaired) electrons.